The van der Waals surface area contributed by atoms with Crippen LogP contribution in [0.4, 0.5) is 0 Å². The van der Waals surface area contributed by atoms with Gasteiger partial charge in [-0.1, -0.05) is 11.8 Å². The molecule has 2 bridgehead atoms. The first kappa shape index (κ1) is 12.8. The smallest absolute Gasteiger partial charge is 0.338 e. The lowest BCUT2D eigenvalue weighted by Gasteiger charge is -2.49. The van der Waals surface area contributed by atoms with Gasteiger partial charge in [0, 0.05) is 0 Å². The summed E-state index contributed by atoms with van der Waals surface area (Å²) in [6, 6.07) is 0. The second-order valence-corrected chi connectivity index (χ2v) is 5.86. The molecule has 6 nitrogen and oxygen atoms in total. The van der Waals surface area contributed by atoms with Crippen LogP contribution in [0.2, 0.25) is 0 Å². The average molecular weight is 276 g/mol. The first-order valence-corrected chi connectivity index (χ1v) is 7.07. The minimum Gasteiger partial charge on any atom is -0.342 e. The third-order valence-corrected chi connectivity index (χ3v) is 4.05. The van der Waals surface area contributed by atoms with Crippen molar-refractivity contribution in [2.75, 3.05) is 12.9 Å². The highest BCUT2D eigenvalue weighted by molar-refractivity contribution is 7.99. The average Bonchev–Trinajstić information content (AvgIpc) is 2.70. The largest absolute Gasteiger partial charge is 0.342 e. The molecule has 3 rings (SSSR count). The molecule has 5 atom stereocenters. The molecule has 0 aliphatic carbocycles. The summed E-state index contributed by atoms with van der Waals surface area (Å²) in [5.41, 5.74) is 0. The lowest BCUT2D eigenvalue weighted by molar-refractivity contribution is -0.409. The van der Waals surface area contributed by atoms with Crippen molar-refractivity contribution >= 4 is 18.0 Å². The van der Waals surface area contributed by atoms with Gasteiger partial charge in [-0.05, 0) is 20.1 Å². The van der Waals surface area contributed by atoms with E-state index in [9.17, 15) is 4.79 Å². The molecule has 18 heavy (non-hydrogen) atoms. The van der Waals surface area contributed by atoms with Crippen LogP contribution in [-0.4, -0.2) is 54.7 Å². The van der Waals surface area contributed by atoms with E-state index < -0.39 is 23.3 Å². The Labute approximate surface area is 109 Å². The lowest BCUT2D eigenvalue weighted by atomic mass is 10.0. The van der Waals surface area contributed by atoms with E-state index in [1.165, 1.54) is 11.8 Å². The van der Waals surface area contributed by atoms with Crippen LogP contribution in [0.5, 0.6) is 0 Å². The molecule has 0 unspecified atom stereocenters. The minimum absolute atomic E-state index is 0.234. The van der Waals surface area contributed by atoms with Crippen LogP contribution >= 0.6 is 11.8 Å². The van der Waals surface area contributed by atoms with Crippen LogP contribution in [0, 0.1) is 0 Å². The van der Waals surface area contributed by atoms with Crippen molar-refractivity contribution in [2.24, 2.45) is 0 Å². The zero-order valence-electron chi connectivity index (χ0n) is 10.5. The fraction of sp³-hybridized carbons (Fsp3) is 0.909. The third kappa shape index (κ3) is 1.90. The van der Waals surface area contributed by atoms with E-state index in [1.54, 1.807) is 13.8 Å². The van der Waals surface area contributed by atoms with Crippen LogP contribution in [-0.2, 0) is 28.5 Å². The normalized spacial score (nSPS) is 49.7. The van der Waals surface area contributed by atoms with Gasteiger partial charge in [-0.25, -0.2) is 0 Å². The summed E-state index contributed by atoms with van der Waals surface area (Å²) in [6.45, 7) is 3.93. The number of ether oxygens (including phenoxy) is 5. The summed E-state index contributed by atoms with van der Waals surface area (Å²) < 4.78 is 28.4. The second-order valence-electron chi connectivity index (χ2n) is 4.95. The van der Waals surface area contributed by atoms with Crippen LogP contribution < -0.4 is 0 Å². The first-order valence-electron chi connectivity index (χ1n) is 5.84. The zero-order chi connectivity index (χ0) is 13.0. The maximum atomic E-state index is 11.2. The third-order valence-electron chi connectivity index (χ3n) is 3.24. The van der Waals surface area contributed by atoms with Crippen LogP contribution in [0.15, 0.2) is 0 Å². The van der Waals surface area contributed by atoms with Crippen LogP contribution in [0.1, 0.15) is 13.8 Å². The van der Waals surface area contributed by atoms with E-state index in [2.05, 4.69) is 0 Å². The van der Waals surface area contributed by atoms with E-state index in [1.807, 2.05) is 6.26 Å². The molecular weight excluding hydrogens is 260 g/mol. The van der Waals surface area contributed by atoms with Gasteiger partial charge in [-0.15, -0.1) is 0 Å². The Balaban J connectivity index is 1.89. The number of carbonyl (C=O) groups excluding carboxylic acids is 1. The van der Waals surface area contributed by atoms with Gasteiger partial charge in [-0.3, -0.25) is 0 Å². The minimum atomic E-state index is -1.12. The number of rotatable bonds is 2. The van der Waals surface area contributed by atoms with Crippen molar-refractivity contribution in [1.29, 1.82) is 0 Å². The van der Waals surface area contributed by atoms with E-state index in [-0.39, 0.29) is 12.2 Å². The SMILES string of the molecule is CS[C@]12OC[C@H](O1)[C@@H]1OC(C)(C)O[C@@H](C=O)[C@@H]1O2. The van der Waals surface area contributed by atoms with Crippen molar-refractivity contribution < 1.29 is 28.5 Å². The molecule has 3 aliphatic rings. The Bertz CT molecular complexity index is 361. The monoisotopic (exact) mass is 276 g/mol. The maximum Gasteiger partial charge on any atom is 0.338 e. The number of fused-ring (bicyclic) bond motifs is 4. The standard InChI is InChI=1S/C11H16O6S/c1-10(2)14-6(4-12)8-9(16-10)7-5-13-11(15-7,17-8)18-3/h4,6-9H,5H2,1-3H3/t6-,7-,8-,9-,11+/m0/s1. The molecule has 0 N–H and O–H groups in total. The lowest BCUT2D eigenvalue weighted by Crippen LogP contribution is -2.64. The van der Waals surface area contributed by atoms with Gasteiger partial charge in [0.2, 0.25) is 0 Å². The Hall–Kier alpha value is -0.180. The van der Waals surface area contributed by atoms with Crippen molar-refractivity contribution in [2.45, 2.75) is 49.4 Å². The molecule has 102 valence electrons. The highest BCUT2D eigenvalue weighted by Crippen LogP contribution is 2.46. The first-order chi connectivity index (χ1) is 8.49. The molecule has 0 spiro atoms. The Kier molecular flexibility index (Phi) is 2.96. The predicted octanol–water partition coefficient (Wildman–Crippen LogP) is 0.494. The van der Waals surface area contributed by atoms with Gasteiger partial charge in [0.15, 0.2) is 12.1 Å². The molecular formula is C11H16O6S. The molecule has 0 saturated carbocycles. The molecule has 0 aromatic heterocycles. The highest BCUT2D eigenvalue weighted by atomic mass is 32.2. The Morgan fingerprint density at radius 1 is 1.17 bits per heavy atom. The van der Waals surface area contributed by atoms with Crippen molar-refractivity contribution in [3.05, 3.63) is 0 Å². The van der Waals surface area contributed by atoms with Gasteiger partial charge in [0.05, 0.1) is 6.61 Å². The molecule has 3 saturated heterocycles. The van der Waals surface area contributed by atoms with Crippen LogP contribution in [0.3, 0.4) is 0 Å². The molecule has 0 aromatic rings. The van der Waals surface area contributed by atoms with E-state index in [4.69, 9.17) is 23.7 Å². The summed E-state index contributed by atoms with van der Waals surface area (Å²) in [4.78, 5) is 11.2. The summed E-state index contributed by atoms with van der Waals surface area (Å²) in [5.74, 6) is -0.832. The van der Waals surface area contributed by atoms with Gasteiger partial charge in [0.1, 0.15) is 24.4 Å². The fourth-order valence-electron chi connectivity index (χ4n) is 2.51. The van der Waals surface area contributed by atoms with Crippen molar-refractivity contribution in [3.63, 3.8) is 0 Å². The summed E-state index contributed by atoms with van der Waals surface area (Å²) >= 11 is 1.31. The van der Waals surface area contributed by atoms with Gasteiger partial charge >= 0.3 is 5.31 Å². The highest BCUT2D eigenvalue weighted by Gasteiger charge is 2.60. The Morgan fingerprint density at radius 3 is 2.61 bits per heavy atom. The number of thioether (sulfide) groups is 1. The number of aldehydes is 1. The van der Waals surface area contributed by atoms with Gasteiger partial charge < -0.3 is 28.5 Å². The summed E-state index contributed by atoms with van der Waals surface area (Å²) in [7, 11) is 0. The maximum absolute atomic E-state index is 11.2. The van der Waals surface area contributed by atoms with E-state index in [0.717, 1.165) is 6.29 Å². The molecule has 3 fully saturated rings. The summed E-state index contributed by atoms with van der Waals surface area (Å²) in [5, 5.41) is -1.12. The van der Waals surface area contributed by atoms with Crippen molar-refractivity contribution in [3.8, 4) is 0 Å². The van der Waals surface area contributed by atoms with E-state index in [0.29, 0.717) is 6.61 Å². The topological polar surface area (TPSA) is 63.2 Å². The summed E-state index contributed by atoms with van der Waals surface area (Å²) in [6.07, 6.45) is 0.824. The van der Waals surface area contributed by atoms with Crippen molar-refractivity contribution in [1.82, 2.24) is 0 Å². The molecule has 7 heteroatoms. The molecule has 3 aliphatic heterocycles. The second kappa shape index (κ2) is 4.16. The molecule has 0 amide bonds. The van der Waals surface area contributed by atoms with E-state index >= 15 is 0 Å². The number of hydrogen-bond donors (Lipinski definition) is 0. The van der Waals surface area contributed by atoms with Gasteiger partial charge in [-0.2, -0.15) is 0 Å². The quantitative estimate of drug-likeness (QED) is 0.680. The van der Waals surface area contributed by atoms with Crippen LogP contribution in [0.25, 0.3) is 0 Å². The molecule has 0 radical (unpaired) electrons. The number of carbonyl (C=O) groups is 1. The number of hydrogen-bond acceptors (Lipinski definition) is 7. The zero-order valence-corrected chi connectivity index (χ0v) is 11.3. The Morgan fingerprint density at radius 2 is 1.94 bits per heavy atom. The molecule has 0 aromatic carbocycles. The van der Waals surface area contributed by atoms with Gasteiger partial charge in [0.25, 0.3) is 0 Å². The predicted molar refractivity (Wildman–Crippen MR) is 61.8 cm³/mol. The molecule has 3 heterocycles. The fourth-order valence-corrected chi connectivity index (χ4v) is 3.13.